The molecule has 0 aliphatic carbocycles. The number of hydrogen-bond acceptors (Lipinski definition) is 9. The van der Waals surface area contributed by atoms with Gasteiger partial charge in [-0.1, -0.05) is 444 Å². The summed E-state index contributed by atoms with van der Waals surface area (Å²) in [5.41, 5.74) is 2.28. The normalized spacial score (nSPS) is 9.87. The predicted octanol–water partition coefficient (Wildman–Crippen LogP) is 12.7. The zero-order valence-corrected chi connectivity index (χ0v) is 81.6. The molecule has 588 valence electrons. The summed E-state index contributed by atoms with van der Waals surface area (Å²) in [5, 5.41) is 63.6. The predicted molar refractivity (Wildman–Crippen MR) is 505 cm³/mol. The molecule has 0 aromatic heterocycles. The van der Waals surface area contributed by atoms with Crippen molar-refractivity contribution in [1.29, 1.82) is 0 Å². The molecule has 16 rings (SSSR count). The van der Waals surface area contributed by atoms with E-state index in [1.807, 2.05) is 46.9 Å². The number of hydrogen-bond donors (Lipinski definition) is 2. The molecule has 16 aromatic carbocycles. The molecule has 0 saturated carbocycles. The summed E-state index contributed by atoms with van der Waals surface area (Å²) in [4.78, 5) is 31.6. The standard InChI is InChI=1S/4C18H15P.C12H8BrNO2.C6H6BBrO2.C6H4INO2.CH2O3.2K.Pd.H/c4*1-4-10-16(11-5-1)19(17-12-6-2-7-13-17)18-14-8-3-9-15-18;13-10-7-5-9(6-8-10)11-3-1-2-4-12(11)14(15)16;8-6-3-1-5(2-4-6)7(9)10;7-5-3-1-2-4-6(5)8(9)10;2-1-4-3;;;;/h4*1-15H;1-8H;1-4,9-10H;1-4H;1,3H;;;;/q;;;;;;;;2*+1;;-1/p-1. The first-order valence-electron chi connectivity index (χ1n) is 36.3. The average Bonchev–Trinajstić information content (AvgIpc) is 0.831. The van der Waals surface area contributed by atoms with Crippen LogP contribution in [0.3, 0.4) is 0 Å². The Balaban J connectivity index is 0.000000249. The maximum absolute atomic E-state index is 10.9. The minimum atomic E-state index is -1.37. The van der Waals surface area contributed by atoms with Crippen LogP contribution in [0.4, 0.5) is 11.4 Å². The molecule has 16 aromatic rings. The van der Waals surface area contributed by atoms with Gasteiger partial charge >= 0.3 is 110 Å². The van der Waals surface area contributed by atoms with Gasteiger partial charge in [-0.3, -0.25) is 25.0 Å². The third-order valence-corrected chi connectivity index (χ3v) is 28.4. The van der Waals surface area contributed by atoms with Gasteiger partial charge in [0.15, 0.2) is 0 Å². The van der Waals surface area contributed by atoms with E-state index in [1.54, 1.807) is 60.7 Å². The minimum Gasteiger partial charge on any atom is -1.00 e. The molecular formula is C97H80BBr2IK2N2O9P4Pd. The van der Waals surface area contributed by atoms with Gasteiger partial charge in [-0.15, -0.1) is 0 Å². The van der Waals surface area contributed by atoms with Crippen molar-refractivity contribution in [1.82, 2.24) is 0 Å². The van der Waals surface area contributed by atoms with Crippen molar-refractivity contribution >= 4 is 180 Å². The summed E-state index contributed by atoms with van der Waals surface area (Å²) < 4.78 is 2.55. The summed E-state index contributed by atoms with van der Waals surface area (Å²) in [5.74, 6) is 0. The molecule has 0 saturated heterocycles. The van der Waals surface area contributed by atoms with E-state index in [-0.39, 0.29) is 152 Å². The van der Waals surface area contributed by atoms with Gasteiger partial charge in [0.05, 0.1) is 19.0 Å². The first-order valence-corrected chi connectivity index (χ1v) is 44.4. The second-order valence-corrected chi connectivity index (χ2v) is 36.3. The molecule has 0 bridgehead atoms. The number of nitro benzene ring substituents is 2. The topological polar surface area (TPSA) is 176 Å². The summed E-state index contributed by atoms with van der Waals surface area (Å²) >= 11 is 8.50. The molecular weight excluding hydrogens is 1940 g/mol. The van der Waals surface area contributed by atoms with E-state index < -0.39 is 38.8 Å². The number of rotatable bonds is 17. The van der Waals surface area contributed by atoms with Crippen LogP contribution in [0.2, 0.25) is 0 Å². The van der Waals surface area contributed by atoms with E-state index in [0.717, 1.165) is 14.5 Å². The Bertz CT molecular complexity index is 4620. The molecule has 0 aliphatic heterocycles. The van der Waals surface area contributed by atoms with Gasteiger partial charge < -0.3 is 21.6 Å². The van der Waals surface area contributed by atoms with Crippen molar-refractivity contribution in [2.75, 3.05) is 0 Å². The minimum absolute atomic E-state index is 0. The Morgan fingerprint density at radius 1 is 0.303 bits per heavy atom. The number of carbonyl (C=O) groups is 1. The fourth-order valence-electron chi connectivity index (χ4n) is 11.5. The second kappa shape index (κ2) is 58.2. The summed E-state index contributed by atoms with van der Waals surface area (Å²) in [6, 6.07) is 157. The van der Waals surface area contributed by atoms with Gasteiger partial charge in [0, 0.05) is 41.5 Å². The van der Waals surface area contributed by atoms with Crippen LogP contribution in [0.25, 0.3) is 11.1 Å². The Labute approximate surface area is 833 Å². The van der Waals surface area contributed by atoms with Crippen molar-refractivity contribution in [2.24, 2.45) is 0 Å². The van der Waals surface area contributed by atoms with Crippen LogP contribution in [0.1, 0.15) is 1.43 Å². The molecule has 0 atom stereocenters. The van der Waals surface area contributed by atoms with Gasteiger partial charge in [0.25, 0.3) is 17.8 Å². The van der Waals surface area contributed by atoms with E-state index in [0.29, 0.717) is 14.6 Å². The zero-order chi connectivity index (χ0) is 81.7. The number of para-hydroxylation sites is 2. The number of benzene rings is 16. The molecule has 0 amide bonds. The average molecular weight is 2020 g/mol. The van der Waals surface area contributed by atoms with Crippen LogP contribution in [0, 0.1) is 23.8 Å². The molecule has 2 N–H and O–H groups in total. The Kier molecular flexibility index (Phi) is 49.3. The van der Waals surface area contributed by atoms with Gasteiger partial charge in [-0.25, -0.2) is 0 Å². The van der Waals surface area contributed by atoms with Crippen molar-refractivity contribution in [3.63, 3.8) is 0 Å². The number of carbonyl (C=O) groups excluding carboxylic acids is 1. The van der Waals surface area contributed by atoms with Crippen LogP contribution in [-0.2, 0) is 30.1 Å². The van der Waals surface area contributed by atoms with Crippen LogP contribution in [0.15, 0.2) is 470 Å². The van der Waals surface area contributed by atoms with Crippen LogP contribution < -0.4 is 177 Å². The van der Waals surface area contributed by atoms with Crippen molar-refractivity contribution in [3.8, 4) is 11.1 Å². The van der Waals surface area contributed by atoms with Gasteiger partial charge in [-0.05, 0) is 165 Å². The largest absolute Gasteiger partial charge is 1.00 e. The molecule has 0 fully saturated rings. The number of nitro groups is 2. The smallest absolute Gasteiger partial charge is 1.00 e. The maximum atomic E-state index is 10.9. The van der Waals surface area contributed by atoms with Crippen molar-refractivity contribution < 1.29 is 159 Å². The van der Waals surface area contributed by atoms with E-state index >= 15 is 0 Å². The number of halogens is 3. The van der Waals surface area contributed by atoms with Gasteiger partial charge in [0.1, 0.15) is 0 Å². The SMILES string of the molecule is O=CO[O-].O=[N+]([O-])c1ccccc1-c1ccc(Br)cc1.O=[N+]([O-])c1ccccc1I.OB(O)c1ccc(Br)cc1.[H-].[K+].[K+].[Pd].c1ccc(P(c2ccccc2)c2ccccc2)cc1.c1ccc(P(c2ccccc2)c2ccccc2)cc1.c1ccc(P(c2ccccc2)c2ccccc2)cc1.c1ccc(P(c2ccccc2)c2ccccc2)cc1. The summed E-state index contributed by atoms with van der Waals surface area (Å²) in [6.07, 6.45) is 0. The third-order valence-electron chi connectivity index (χ3n) is 16.7. The fourth-order valence-corrected chi connectivity index (χ4v) is 21.8. The first-order chi connectivity index (χ1) is 56.8. The van der Waals surface area contributed by atoms with E-state index in [1.165, 1.54) is 75.8 Å². The molecule has 0 radical (unpaired) electrons. The maximum Gasteiger partial charge on any atom is 1.00 e. The van der Waals surface area contributed by atoms with Crippen LogP contribution in [0.5, 0.6) is 0 Å². The second-order valence-electron chi connectivity index (χ2n) is 24.5. The number of nitrogens with zero attached hydrogens (tertiary/aromatic N) is 2. The molecule has 0 unspecified atom stereocenters. The molecule has 0 aliphatic rings. The zero-order valence-electron chi connectivity index (χ0n) is 65.9. The van der Waals surface area contributed by atoms with E-state index in [2.05, 4.69) is 401 Å². The third kappa shape index (κ3) is 34.4. The van der Waals surface area contributed by atoms with E-state index in [4.69, 9.17) is 20.1 Å². The van der Waals surface area contributed by atoms with Crippen LogP contribution >= 0.6 is 86.1 Å². The van der Waals surface area contributed by atoms with E-state index in [9.17, 15) is 20.2 Å². The Morgan fingerprint density at radius 3 is 0.655 bits per heavy atom. The Hall–Kier alpha value is -6.92. The molecule has 11 nitrogen and oxygen atoms in total. The summed E-state index contributed by atoms with van der Waals surface area (Å²) in [7, 11) is -3.15. The van der Waals surface area contributed by atoms with Gasteiger partial charge in [0.2, 0.25) is 0 Å². The van der Waals surface area contributed by atoms with Crippen molar-refractivity contribution in [3.05, 3.63) is 494 Å². The van der Waals surface area contributed by atoms with Crippen molar-refractivity contribution in [2.45, 2.75) is 0 Å². The fraction of sp³-hybridized carbons (Fsp3) is 0. The molecule has 22 heteroatoms. The molecule has 0 heterocycles. The quantitative estimate of drug-likeness (QED) is 0.0171. The van der Waals surface area contributed by atoms with Gasteiger partial charge in [-0.2, -0.15) is 0 Å². The Morgan fingerprint density at radius 2 is 0.479 bits per heavy atom. The molecule has 119 heavy (non-hydrogen) atoms. The molecule has 0 spiro atoms. The van der Waals surface area contributed by atoms with Crippen LogP contribution in [-0.4, -0.2) is 33.5 Å². The monoisotopic (exact) mass is 2020 g/mol. The summed E-state index contributed by atoms with van der Waals surface area (Å²) in [6.45, 7) is -0.181. The first kappa shape index (κ1) is 101.